The number of aliphatic carboxylic acids is 1. The highest BCUT2D eigenvalue weighted by molar-refractivity contribution is 5.94. The Morgan fingerprint density at radius 2 is 1.59 bits per heavy atom. The van der Waals surface area contributed by atoms with Crippen molar-refractivity contribution in [1.29, 1.82) is 0 Å². The molecule has 4 N–H and O–H groups in total. The zero-order chi connectivity index (χ0) is 23.9. The highest BCUT2D eigenvalue weighted by Crippen LogP contribution is 2.33. The number of primary amides is 1. The first kappa shape index (κ1) is 25.3. The van der Waals surface area contributed by atoms with Gasteiger partial charge in [-0.2, -0.15) is 13.2 Å². The number of nitrogens with two attached hydrogens (primary N) is 1. The maximum atomic E-state index is 13.2. The van der Waals surface area contributed by atoms with Crippen molar-refractivity contribution in [1.82, 2.24) is 5.32 Å². The molecule has 10 heteroatoms. The molecule has 1 aliphatic rings. The van der Waals surface area contributed by atoms with Crippen LogP contribution in [0.2, 0.25) is 0 Å². The van der Waals surface area contributed by atoms with Gasteiger partial charge in [0.15, 0.2) is 0 Å². The molecule has 5 nitrogen and oxygen atoms in total. The predicted molar refractivity (Wildman–Crippen MR) is 108 cm³/mol. The summed E-state index contributed by atoms with van der Waals surface area (Å²) in [6.45, 7) is 0.665. The highest BCUT2D eigenvalue weighted by Gasteiger charge is 2.38. The van der Waals surface area contributed by atoms with Crippen LogP contribution in [0.5, 0.6) is 0 Å². The van der Waals surface area contributed by atoms with Crippen LogP contribution in [0, 0.1) is 0 Å². The topological polar surface area (TPSA) is 92.4 Å². The van der Waals surface area contributed by atoms with Gasteiger partial charge in [0.05, 0.1) is 0 Å². The minimum Gasteiger partial charge on any atom is -0.475 e. The summed E-state index contributed by atoms with van der Waals surface area (Å²) in [5.41, 5.74) is 8.84. The van der Waals surface area contributed by atoms with Gasteiger partial charge in [-0.25, -0.2) is 13.6 Å². The van der Waals surface area contributed by atoms with Gasteiger partial charge in [0.1, 0.15) is 0 Å². The molecule has 0 unspecified atom stereocenters. The quantitative estimate of drug-likeness (QED) is 0.564. The first-order chi connectivity index (χ1) is 14.9. The number of carbonyl (C=O) groups is 2. The van der Waals surface area contributed by atoms with Gasteiger partial charge in [-0.1, -0.05) is 36.4 Å². The largest absolute Gasteiger partial charge is 0.490 e. The number of amides is 1. The number of hydrogen-bond donors (Lipinski definition) is 3. The summed E-state index contributed by atoms with van der Waals surface area (Å²) in [5, 5.41) is 10.5. The second-order valence-electron chi connectivity index (χ2n) is 7.46. The lowest BCUT2D eigenvalue weighted by Crippen LogP contribution is -2.36. The molecule has 0 radical (unpaired) electrons. The normalized spacial score (nSPS) is 16.0. The molecule has 1 saturated carbocycles. The maximum Gasteiger partial charge on any atom is 0.490 e. The van der Waals surface area contributed by atoms with E-state index in [1.807, 2.05) is 36.4 Å². The molecule has 0 aromatic heterocycles. The van der Waals surface area contributed by atoms with Crippen molar-refractivity contribution in [3.8, 4) is 11.1 Å². The van der Waals surface area contributed by atoms with Crippen LogP contribution in [0.3, 0.4) is 0 Å². The van der Waals surface area contributed by atoms with Crippen molar-refractivity contribution in [3.63, 3.8) is 0 Å². The molecule has 0 aliphatic heterocycles. The average molecular weight is 458 g/mol. The molecular weight excluding hydrogens is 435 g/mol. The molecule has 0 spiro atoms. The molecular formula is C22H23F5N2O3. The molecule has 2 aromatic carbocycles. The number of carboxylic acid groups (broad SMARTS) is 1. The smallest absolute Gasteiger partial charge is 0.475 e. The second-order valence-corrected chi connectivity index (χ2v) is 7.46. The van der Waals surface area contributed by atoms with E-state index in [2.05, 4.69) is 5.32 Å². The van der Waals surface area contributed by atoms with Crippen LogP contribution in [0.15, 0.2) is 48.5 Å². The summed E-state index contributed by atoms with van der Waals surface area (Å²) >= 11 is 0. The van der Waals surface area contributed by atoms with Crippen LogP contribution >= 0.6 is 0 Å². The van der Waals surface area contributed by atoms with E-state index in [1.54, 1.807) is 12.1 Å². The van der Waals surface area contributed by atoms with Crippen LogP contribution < -0.4 is 11.1 Å². The van der Waals surface area contributed by atoms with Crippen molar-refractivity contribution >= 4 is 11.9 Å². The van der Waals surface area contributed by atoms with Gasteiger partial charge in [-0.15, -0.1) is 0 Å². The Hall–Kier alpha value is -3.01. The maximum absolute atomic E-state index is 13.2. The average Bonchev–Trinajstić information content (AvgIpc) is 2.73. The lowest BCUT2D eigenvalue weighted by Gasteiger charge is -2.29. The Balaban J connectivity index is 0.000000451. The van der Waals surface area contributed by atoms with E-state index < -0.39 is 24.0 Å². The number of alkyl halides is 5. The van der Waals surface area contributed by atoms with Crippen molar-refractivity contribution in [2.24, 2.45) is 5.73 Å². The SMILES string of the molecule is NC(=O)c1cccc(-c2ccc(CNC3CCC(F)(F)CC3)cc2)c1.O=C(O)C(F)(F)F. The lowest BCUT2D eigenvalue weighted by atomic mass is 9.92. The molecule has 1 fully saturated rings. The Kier molecular flexibility index (Phi) is 8.31. The van der Waals surface area contributed by atoms with Gasteiger partial charge in [0.2, 0.25) is 11.8 Å². The summed E-state index contributed by atoms with van der Waals surface area (Å²) in [4.78, 5) is 20.2. The Morgan fingerprint density at radius 1 is 1.03 bits per heavy atom. The summed E-state index contributed by atoms with van der Waals surface area (Å²) in [5.74, 6) is -5.69. The molecule has 0 bridgehead atoms. The van der Waals surface area contributed by atoms with Gasteiger partial charge in [0, 0.05) is 31.0 Å². The van der Waals surface area contributed by atoms with E-state index in [1.165, 1.54) is 0 Å². The van der Waals surface area contributed by atoms with Crippen LogP contribution in [-0.4, -0.2) is 35.1 Å². The van der Waals surface area contributed by atoms with Crippen molar-refractivity contribution in [3.05, 3.63) is 59.7 Å². The van der Waals surface area contributed by atoms with Gasteiger partial charge in [0.25, 0.3) is 0 Å². The first-order valence-corrected chi connectivity index (χ1v) is 9.78. The van der Waals surface area contributed by atoms with E-state index in [0.29, 0.717) is 24.9 Å². The van der Waals surface area contributed by atoms with E-state index in [9.17, 15) is 26.7 Å². The molecule has 3 rings (SSSR count). The number of carbonyl (C=O) groups excluding carboxylic acids is 1. The third kappa shape index (κ3) is 7.92. The molecule has 174 valence electrons. The molecule has 0 heterocycles. The summed E-state index contributed by atoms with van der Waals surface area (Å²) in [7, 11) is 0. The number of rotatable bonds is 5. The molecule has 2 aromatic rings. The summed E-state index contributed by atoms with van der Waals surface area (Å²) in [6, 6.07) is 15.4. The van der Waals surface area contributed by atoms with Crippen LogP contribution in [0.1, 0.15) is 41.6 Å². The zero-order valence-corrected chi connectivity index (χ0v) is 17.0. The zero-order valence-electron chi connectivity index (χ0n) is 17.0. The third-order valence-corrected chi connectivity index (χ3v) is 4.99. The van der Waals surface area contributed by atoms with Gasteiger partial charge >= 0.3 is 12.1 Å². The molecule has 1 amide bonds. The number of hydrogen-bond acceptors (Lipinski definition) is 3. The van der Waals surface area contributed by atoms with Gasteiger partial charge in [-0.3, -0.25) is 4.79 Å². The van der Waals surface area contributed by atoms with Crippen molar-refractivity contribution in [2.75, 3.05) is 0 Å². The highest BCUT2D eigenvalue weighted by atomic mass is 19.4. The van der Waals surface area contributed by atoms with Crippen molar-refractivity contribution in [2.45, 2.75) is 50.4 Å². The van der Waals surface area contributed by atoms with Crippen LogP contribution in [0.25, 0.3) is 11.1 Å². The number of benzene rings is 2. The number of nitrogens with one attached hydrogen (secondary N) is 1. The van der Waals surface area contributed by atoms with Crippen LogP contribution in [0.4, 0.5) is 22.0 Å². The Morgan fingerprint density at radius 3 is 2.09 bits per heavy atom. The first-order valence-electron chi connectivity index (χ1n) is 9.78. The molecule has 32 heavy (non-hydrogen) atoms. The monoisotopic (exact) mass is 458 g/mol. The minimum absolute atomic E-state index is 0.0280. The van der Waals surface area contributed by atoms with Crippen molar-refractivity contribution < 1.29 is 36.6 Å². The Bertz CT molecular complexity index is 920. The number of carboxylic acids is 1. The van der Waals surface area contributed by atoms with Crippen LogP contribution in [-0.2, 0) is 11.3 Å². The van der Waals surface area contributed by atoms with Gasteiger partial charge in [-0.05, 0) is 41.7 Å². The fourth-order valence-corrected chi connectivity index (χ4v) is 3.17. The summed E-state index contributed by atoms with van der Waals surface area (Å²) < 4.78 is 58.1. The van der Waals surface area contributed by atoms with E-state index in [-0.39, 0.29) is 18.9 Å². The molecule has 0 saturated heterocycles. The van der Waals surface area contributed by atoms with E-state index >= 15 is 0 Å². The van der Waals surface area contributed by atoms with E-state index in [0.717, 1.165) is 16.7 Å². The minimum atomic E-state index is -5.08. The fraction of sp³-hybridized carbons (Fsp3) is 0.364. The summed E-state index contributed by atoms with van der Waals surface area (Å²) in [6.07, 6.45) is -4.10. The molecule has 0 atom stereocenters. The predicted octanol–water partition coefficient (Wildman–Crippen LogP) is 4.75. The van der Waals surface area contributed by atoms with Gasteiger partial charge < -0.3 is 16.2 Å². The number of halogens is 5. The third-order valence-electron chi connectivity index (χ3n) is 4.99. The van der Waals surface area contributed by atoms with E-state index in [4.69, 9.17) is 15.6 Å². The molecule has 1 aliphatic carbocycles. The Labute approximate surface area is 181 Å². The second kappa shape index (κ2) is 10.5. The standard InChI is InChI=1S/C20H22F2N2O.C2HF3O2/c21-20(22)10-8-18(9-11-20)24-13-14-4-6-15(7-5-14)16-2-1-3-17(12-16)19(23)25;3-2(4,5)1(6)7/h1-7,12,18,24H,8-11,13H2,(H2,23,25);(H,6,7). The lowest BCUT2D eigenvalue weighted by molar-refractivity contribution is -0.192. The fourth-order valence-electron chi connectivity index (χ4n) is 3.17.